The molecule has 0 amide bonds. The van der Waals surface area contributed by atoms with Gasteiger partial charge in [0.1, 0.15) is 0 Å². The molecule has 64 valence electrons. The van der Waals surface area contributed by atoms with E-state index in [-0.39, 0.29) is 6.42 Å². The summed E-state index contributed by atoms with van der Waals surface area (Å²) in [5.74, 6) is -0.925. The summed E-state index contributed by atoms with van der Waals surface area (Å²) in [6.45, 7) is 0. The van der Waals surface area contributed by atoms with Crippen LogP contribution in [0, 0.1) is 0 Å². The Balaban J connectivity index is 3.00. The topological polar surface area (TPSA) is 50.2 Å². The second kappa shape index (κ2) is 3.87. The summed E-state index contributed by atoms with van der Waals surface area (Å²) in [6, 6.07) is 1.59. The number of hydrogen-bond donors (Lipinski definition) is 1. The molecule has 1 N–H and O–H groups in total. The maximum atomic E-state index is 10.3. The zero-order valence-corrected chi connectivity index (χ0v) is 8.26. The van der Waals surface area contributed by atoms with Crippen LogP contribution in [0.15, 0.2) is 16.7 Å². The molecule has 0 fully saturated rings. The number of pyridine rings is 1. The summed E-state index contributed by atoms with van der Waals surface area (Å²) in [5, 5.41) is 8.95. The number of halogens is 2. The van der Waals surface area contributed by atoms with E-state index < -0.39 is 5.97 Å². The molecule has 1 aromatic heterocycles. The molecule has 0 saturated carbocycles. The van der Waals surface area contributed by atoms with Crippen molar-refractivity contribution < 1.29 is 9.90 Å². The van der Waals surface area contributed by atoms with E-state index in [0.29, 0.717) is 15.2 Å². The van der Waals surface area contributed by atoms with Crippen molar-refractivity contribution in [3.05, 3.63) is 27.5 Å². The Labute approximate surface area is 82.5 Å². The number of carboxylic acids is 1. The number of nitrogens with zero attached hydrogens (tertiary/aromatic N) is 1. The van der Waals surface area contributed by atoms with Crippen molar-refractivity contribution in [1.82, 2.24) is 4.98 Å². The van der Waals surface area contributed by atoms with Gasteiger partial charge in [-0.2, -0.15) is 0 Å². The predicted octanol–water partition coefficient (Wildman–Crippen LogP) is 2.12. The Kier molecular flexibility index (Phi) is 3.05. The van der Waals surface area contributed by atoms with Gasteiger partial charge in [-0.25, -0.2) is 0 Å². The third-order valence-electron chi connectivity index (χ3n) is 1.23. The third kappa shape index (κ3) is 2.19. The van der Waals surface area contributed by atoms with Crippen molar-refractivity contribution in [3.63, 3.8) is 0 Å². The average Bonchev–Trinajstić information content (AvgIpc) is 1.98. The molecule has 0 aliphatic carbocycles. The van der Waals surface area contributed by atoms with Crippen LogP contribution in [0.3, 0.4) is 0 Å². The number of carboxylic acid groups (broad SMARTS) is 1. The van der Waals surface area contributed by atoms with Crippen LogP contribution in [0.4, 0.5) is 0 Å². The zero-order chi connectivity index (χ0) is 9.14. The molecule has 0 saturated heterocycles. The highest BCUT2D eigenvalue weighted by molar-refractivity contribution is 9.10. The van der Waals surface area contributed by atoms with Gasteiger partial charge in [-0.15, -0.1) is 0 Å². The van der Waals surface area contributed by atoms with Crippen LogP contribution < -0.4 is 0 Å². The Hall–Kier alpha value is -0.610. The van der Waals surface area contributed by atoms with E-state index in [1.165, 1.54) is 6.20 Å². The molecule has 0 aliphatic rings. The van der Waals surface area contributed by atoms with Crippen molar-refractivity contribution in [2.24, 2.45) is 0 Å². The molecule has 1 heterocycles. The van der Waals surface area contributed by atoms with Gasteiger partial charge in [0.05, 0.1) is 21.6 Å². The first-order chi connectivity index (χ1) is 5.61. The molecule has 0 atom stereocenters. The van der Waals surface area contributed by atoms with Crippen molar-refractivity contribution in [1.29, 1.82) is 0 Å². The Bertz CT molecular complexity index is 316. The third-order valence-corrected chi connectivity index (χ3v) is 2.66. The molecule has 0 unspecified atom stereocenters. The summed E-state index contributed by atoms with van der Waals surface area (Å²) in [6.07, 6.45) is 1.35. The molecular weight excluding hydrogens is 245 g/mol. The normalized spacial score (nSPS) is 9.83. The first kappa shape index (κ1) is 9.48. The van der Waals surface area contributed by atoms with E-state index in [2.05, 4.69) is 20.9 Å². The van der Waals surface area contributed by atoms with Gasteiger partial charge >= 0.3 is 5.97 Å². The highest BCUT2D eigenvalue weighted by atomic mass is 79.9. The summed E-state index contributed by atoms with van der Waals surface area (Å²) < 4.78 is 0.550. The van der Waals surface area contributed by atoms with Gasteiger partial charge in [-0.1, -0.05) is 11.6 Å². The molecule has 3 nitrogen and oxygen atoms in total. The lowest BCUT2D eigenvalue weighted by atomic mass is 10.3. The molecule has 0 bridgehead atoms. The molecular formula is C7H5BrClNO2. The van der Waals surface area contributed by atoms with Crippen LogP contribution in [0.1, 0.15) is 5.69 Å². The lowest BCUT2D eigenvalue weighted by Gasteiger charge is -2.00. The summed E-state index contributed by atoms with van der Waals surface area (Å²) in [5.41, 5.74) is 0.440. The standard InChI is InChI=1S/C7H5BrClNO2/c8-7-4(9)1-2-10-5(7)3-6(11)12/h1-2H,3H2,(H,11,12). The van der Waals surface area contributed by atoms with Crippen molar-refractivity contribution >= 4 is 33.5 Å². The van der Waals surface area contributed by atoms with Gasteiger partial charge in [0.25, 0.3) is 0 Å². The fraction of sp³-hybridized carbons (Fsp3) is 0.143. The van der Waals surface area contributed by atoms with E-state index in [9.17, 15) is 4.79 Å². The van der Waals surface area contributed by atoms with E-state index in [1.54, 1.807) is 6.07 Å². The number of aliphatic carboxylic acids is 1. The lowest BCUT2D eigenvalue weighted by Crippen LogP contribution is -2.02. The van der Waals surface area contributed by atoms with Gasteiger partial charge in [0.2, 0.25) is 0 Å². The highest BCUT2D eigenvalue weighted by Gasteiger charge is 2.08. The van der Waals surface area contributed by atoms with E-state index in [0.717, 1.165) is 0 Å². The summed E-state index contributed by atoms with van der Waals surface area (Å²) in [7, 11) is 0. The lowest BCUT2D eigenvalue weighted by molar-refractivity contribution is -0.136. The molecule has 0 aliphatic heterocycles. The molecule has 0 spiro atoms. The van der Waals surface area contributed by atoms with Gasteiger partial charge in [-0.3, -0.25) is 9.78 Å². The molecule has 1 aromatic rings. The van der Waals surface area contributed by atoms with Gasteiger partial charge in [-0.05, 0) is 22.0 Å². The van der Waals surface area contributed by atoms with Crippen molar-refractivity contribution in [2.45, 2.75) is 6.42 Å². The number of aromatic nitrogens is 1. The zero-order valence-electron chi connectivity index (χ0n) is 5.92. The maximum absolute atomic E-state index is 10.3. The Morgan fingerprint density at radius 1 is 1.75 bits per heavy atom. The molecule has 12 heavy (non-hydrogen) atoms. The monoisotopic (exact) mass is 249 g/mol. The minimum absolute atomic E-state index is 0.124. The van der Waals surface area contributed by atoms with Crippen molar-refractivity contribution in [3.8, 4) is 0 Å². The Morgan fingerprint density at radius 3 is 3.00 bits per heavy atom. The molecule has 1 rings (SSSR count). The quantitative estimate of drug-likeness (QED) is 0.875. The fourth-order valence-corrected chi connectivity index (χ4v) is 1.27. The van der Waals surface area contributed by atoms with Gasteiger partial charge in [0, 0.05) is 6.20 Å². The summed E-state index contributed by atoms with van der Waals surface area (Å²) >= 11 is 8.87. The first-order valence-electron chi connectivity index (χ1n) is 3.12. The van der Waals surface area contributed by atoms with Crippen molar-refractivity contribution in [2.75, 3.05) is 0 Å². The second-order valence-corrected chi connectivity index (χ2v) is 3.32. The average molecular weight is 250 g/mol. The number of hydrogen-bond acceptors (Lipinski definition) is 2. The SMILES string of the molecule is O=C(O)Cc1nccc(Cl)c1Br. The largest absolute Gasteiger partial charge is 0.481 e. The Morgan fingerprint density at radius 2 is 2.42 bits per heavy atom. The fourth-order valence-electron chi connectivity index (χ4n) is 0.727. The van der Waals surface area contributed by atoms with Crippen LogP contribution in [0.2, 0.25) is 5.02 Å². The maximum Gasteiger partial charge on any atom is 0.309 e. The molecule has 0 radical (unpaired) electrons. The van der Waals surface area contributed by atoms with Crippen LogP contribution in [0.5, 0.6) is 0 Å². The van der Waals surface area contributed by atoms with Crippen LogP contribution in [0.25, 0.3) is 0 Å². The molecule has 0 aromatic carbocycles. The second-order valence-electron chi connectivity index (χ2n) is 2.12. The minimum Gasteiger partial charge on any atom is -0.481 e. The van der Waals surface area contributed by atoms with E-state index >= 15 is 0 Å². The highest BCUT2D eigenvalue weighted by Crippen LogP contribution is 2.24. The minimum atomic E-state index is -0.925. The van der Waals surface area contributed by atoms with E-state index in [4.69, 9.17) is 16.7 Å². The van der Waals surface area contributed by atoms with Crippen LogP contribution >= 0.6 is 27.5 Å². The van der Waals surface area contributed by atoms with E-state index in [1.807, 2.05) is 0 Å². The smallest absolute Gasteiger partial charge is 0.309 e. The van der Waals surface area contributed by atoms with Crippen LogP contribution in [-0.2, 0) is 11.2 Å². The number of carbonyl (C=O) groups is 1. The van der Waals surface area contributed by atoms with Crippen LogP contribution in [-0.4, -0.2) is 16.1 Å². The summed E-state index contributed by atoms with van der Waals surface area (Å²) in [4.78, 5) is 14.2. The molecule has 5 heteroatoms. The van der Waals surface area contributed by atoms with Gasteiger partial charge in [0.15, 0.2) is 0 Å². The van der Waals surface area contributed by atoms with Gasteiger partial charge < -0.3 is 5.11 Å². The number of rotatable bonds is 2. The predicted molar refractivity (Wildman–Crippen MR) is 48.3 cm³/mol. The first-order valence-corrected chi connectivity index (χ1v) is 4.29.